The van der Waals surface area contributed by atoms with Crippen LogP contribution in [0.15, 0.2) is 47.4 Å². The Hall–Kier alpha value is -2.38. The lowest BCUT2D eigenvalue weighted by atomic mass is 10.2. The van der Waals surface area contributed by atoms with Crippen molar-refractivity contribution < 1.29 is 13.2 Å². The van der Waals surface area contributed by atoms with Gasteiger partial charge in [-0.05, 0) is 68.3 Å². The van der Waals surface area contributed by atoms with Crippen LogP contribution in [0, 0.1) is 13.8 Å². The van der Waals surface area contributed by atoms with Crippen LogP contribution in [0.25, 0.3) is 0 Å². The lowest BCUT2D eigenvalue weighted by Gasteiger charge is -2.12. The van der Waals surface area contributed by atoms with Crippen LogP contribution in [0.1, 0.15) is 34.8 Å². The number of amides is 1. The molecule has 0 heterocycles. The highest BCUT2D eigenvalue weighted by Crippen LogP contribution is 2.21. The Morgan fingerprint density at radius 2 is 1.67 bits per heavy atom. The Labute approximate surface area is 161 Å². The number of benzene rings is 2. The predicted molar refractivity (Wildman–Crippen MR) is 109 cm³/mol. The molecule has 6 nitrogen and oxygen atoms in total. The summed E-state index contributed by atoms with van der Waals surface area (Å²) in [4.78, 5) is 12.4. The van der Waals surface area contributed by atoms with Crippen molar-refractivity contribution in [3.8, 4) is 0 Å². The molecule has 3 N–H and O–H groups in total. The van der Waals surface area contributed by atoms with E-state index < -0.39 is 10.0 Å². The van der Waals surface area contributed by atoms with Crippen LogP contribution in [-0.4, -0.2) is 34.0 Å². The minimum atomic E-state index is -3.68. The molecule has 1 amide bonds. The number of nitrogens with one attached hydrogen (secondary N) is 3. The fourth-order valence-corrected chi connectivity index (χ4v) is 3.95. The zero-order valence-electron chi connectivity index (χ0n) is 16.0. The van der Waals surface area contributed by atoms with Crippen LogP contribution in [-0.2, 0) is 10.0 Å². The summed E-state index contributed by atoms with van der Waals surface area (Å²) in [6, 6.07) is 11.7. The number of carbonyl (C=O) groups is 1. The zero-order valence-corrected chi connectivity index (χ0v) is 16.8. The van der Waals surface area contributed by atoms with Crippen LogP contribution >= 0.6 is 0 Å². The van der Waals surface area contributed by atoms with Gasteiger partial charge in [0.15, 0.2) is 0 Å². The standard InChI is InChI=1S/C20H27N3O3S/c1-4-11-21-12-13-22-20(24)17-7-9-18(10-8-17)23-27(25,26)19-14-15(2)5-6-16(19)3/h5-10,14,21,23H,4,11-13H2,1-3H3,(H,22,24). The maximum Gasteiger partial charge on any atom is 0.262 e. The van der Waals surface area contributed by atoms with Crippen LogP contribution in [0.2, 0.25) is 0 Å². The maximum absolute atomic E-state index is 12.6. The quantitative estimate of drug-likeness (QED) is 0.576. The molecule has 0 saturated heterocycles. The van der Waals surface area contributed by atoms with Crippen LogP contribution in [0.3, 0.4) is 0 Å². The van der Waals surface area contributed by atoms with Gasteiger partial charge < -0.3 is 10.6 Å². The van der Waals surface area contributed by atoms with E-state index in [0.29, 0.717) is 29.9 Å². The first-order valence-corrected chi connectivity index (χ1v) is 10.5. The Morgan fingerprint density at radius 1 is 0.963 bits per heavy atom. The molecule has 0 saturated carbocycles. The second kappa shape index (κ2) is 9.53. The largest absolute Gasteiger partial charge is 0.351 e. The van der Waals surface area contributed by atoms with Crippen molar-refractivity contribution in [2.24, 2.45) is 0 Å². The highest BCUT2D eigenvalue weighted by atomic mass is 32.2. The second-order valence-electron chi connectivity index (χ2n) is 6.46. The van der Waals surface area contributed by atoms with E-state index >= 15 is 0 Å². The van der Waals surface area contributed by atoms with Crippen LogP contribution < -0.4 is 15.4 Å². The molecule has 0 bridgehead atoms. The molecule has 2 aromatic carbocycles. The van der Waals surface area contributed by atoms with E-state index in [1.54, 1.807) is 43.3 Å². The van der Waals surface area contributed by atoms with Gasteiger partial charge in [-0.25, -0.2) is 8.42 Å². The third kappa shape index (κ3) is 6.08. The van der Waals surface area contributed by atoms with Gasteiger partial charge in [-0.2, -0.15) is 0 Å². The van der Waals surface area contributed by atoms with Gasteiger partial charge in [-0.15, -0.1) is 0 Å². The number of rotatable bonds is 9. The Bertz CT molecular complexity index is 878. The molecular formula is C20H27N3O3S. The summed E-state index contributed by atoms with van der Waals surface area (Å²) in [6.07, 6.45) is 1.05. The Kier molecular flexibility index (Phi) is 7.38. The summed E-state index contributed by atoms with van der Waals surface area (Å²) >= 11 is 0. The lowest BCUT2D eigenvalue weighted by Crippen LogP contribution is -2.32. The van der Waals surface area contributed by atoms with E-state index in [0.717, 1.165) is 18.5 Å². The molecule has 0 fully saturated rings. The first kappa shape index (κ1) is 20.9. The van der Waals surface area contributed by atoms with Crippen molar-refractivity contribution in [2.75, 3.05) is 24.4 Å². The van der Waals surface area contributed by atoms with Crippen molar-refractivity contribution in [1.82, 2.24) is 10.6 Å². The molecular weight excluding hydrogens is 362 g/mol. The summed E-state index contributed by atoms with van der Waals surface area (Å²) in [5.74, 6) is -0.183. The maximum atomic E-state index is 12.6. The predicted octanol–water partition coefficient (Wildman–Crippen LogP) is 2.83. The van der Waals surface area contributed by atoms with Gasteiger partial charge in [0.2, 0.25) is 0 Å². The molecule has 2 aromatic rings. The van der Waals surface area contributed by atoms with Gasteiger partial charge in [0.1, 0.15) is 0 Å². The molecule has 0 radical (unpaired) electrons. The molecule has 2 rings (SSSR count). The molecule has 0 aliphatic heterocycles. The number of hydrogen-bond donors (Lipinski definition) is 3. The Morgan fingerprint density at radius 3 is 2.33 bits per heavy atom. The number of carbonyl (C=O) groups excluding carboxylic acids is 1. The monoisotopic (exact) mass is 389 g/mol. The number of aryl methyl sites for hydroxylation is 2. The van der Waals surface area contributed by atoms with Gasteiger partial charge in [-0.3, -0.25) is 9.52 Å². The Balaban J connectivity index is 2.00. The average Bonchev–Trinajstić information content (AvgIpc) is 2.63. The van der Waals surface area contributed by atoms with E-state index in [1.807, 2.05) is 13.0 Å². The fraction of sp³-hybridized carbons (Fsp3) is 0.350. The van der Waals surface area contributed by atoms with Gasteiger partial charge in [-0.1, -0.05) is 19.1 Å². The second-order valence-corrected chi connectivity index (χ2v) is 8.11. The topological polar surface area (TPSA) is 87.3 Å². The highest BCUT2D eigenvalue weighted by Gasteiger charge is 2.17. The van der Waals surface area contributed by atoms with Crippen molar-refractivity contribution in [3.05, 3.63) is 59.2 Å². The van der Waals surface area contributed by atoms with E-state index in [4.69, 9.17) is 0 Å². The van der Waals surface area contributed by atoms with Crippen molar-refractivity contribution in [3.63, 3.8) is 0 Å². The van der Waals surface area contributed by atoms with Crippen molar-refractivity contribution >= 4 is 21.6 Å². The van der Waals surface area contributed by atoms with Crippen molar-refractivity contribution in [1.29, 1.82) is 0 Å². The van der Waals surface area contributed by atoms with E-state index in [1.165, 1.54) is 0 Å². The highest BCUT2D eigenvalue weighted by molar-refractivity contribution is 7.92. The first-order valence-electron chi connectivity index (χ1n) is 9.02. The SMILES string of the molecule is CCCNCCNC(=O)c1ccc(NS(=O)(=O)c2cc(C)ccc2C)cc1. The average molecular weight is 390 g/mol. The summed E-state index contributed by atoms with van der Waals surface area (Å²) in [7, 11) is -3.68. The van der Waals surface area contributed by atoms with Crippen LogP contribution in [0.5, 0.6) is 0 Å². The lowest BCUT2D eigenvalue weighted by molar-refractivity contribution is 0.0954. The third-order valence-electron chi connectivity index (χ3n) is 4.05. The summed E-state index contributed by atoms with van der Waals surface area (Å²) in [6.45, 7) is 7.88. The third-order valence-corrected chi connectivity index (χ3v) is 5.57. The molecule has 0 aromatic heterocycles. The fourth-order valence-electron chi connectivity index (χ4n) is 2.56. The summed E-state index contributed by atoms with van der Waals surface area (Å²) in [5.41, 5.74) is 2.46. The summed E-state index contributed by atoms with van der Waals surface area (Å²) < 4.78 is 27.8. The van der Waals surface area contributed by atoms with Crippen molar-refractivity contribution in [2.45, 2.75) is 32.1 Å². The number of sulfonamides is 1. The molecule has 27 heavy (non-hydrogen) atoms. The molecule has 0 atom stereocenters. The minimum absolute atomic E-state index is 0.183. The summed E-state index contributed by atoms with van der Waals surface area (Å²) in [5, 5.41) is 6.03. The molecule has 0 unspecified atom stereocenters. The molecule has 7 heteroatoms. The number of anilines is 1. The van der Waals surface area contributed by atoms with Gasteiger partial charge >= 0.3 is 0 Å². The van der Waals surface area contributed by atoms with Gasteiger partial charge in [0.05, 0.1) is 4.90 Å². The van der Waals surface area contributed by atoms with Crippen LogP contribution in [0.4, 0.5) is 5.69 Å². The molecule has 0 aliphatic carbocycles. The molecule has 0 spiro atoms. The van der Waals surface area contributed by atoms with E-state index in [-0.39, 0.29) is 10.8 Å². The van der Waals surface area contributed by atoms with Gasteiger partial charge in [0, 0.05) is 24.3 Å². The minimum Gasteiger partial charge on any atom is -0.351 e. The first-order chi connectivity index (χ1) is 12.8. The smallest absolute Gasteiger partial charge is 0.262 e. The molecule has 0 aliphatic rings. The van der Waals surface area contributed by atoms with Gasteiger partial charge in [0.25, 0.3) is 15.9 Å². The molecule has 146 valence electrons. The zero-order chi connectivity index (χ0) is 19.9. The van der Waals surface area contributed by atoms with E-state index in [9.17, 15) is 13.2 Å². The number of hydrogen-bond acceptors (Lipinski definition) is 4. The van der Waals surface area contributed by atoms with E-state index in [2.05, 4.69) is 22.3 Å². The normalized spacial score (nSPS) is 11.2.